The van der Waals surface area contributed by atoms with E-state index in [0.717, 1.165) is 48.1 Å². The number of hydrogen-bond acceptors (Lipinski definition) is 5. The molecule has 0 aromatic carbocycles. The van der Waals surface area contributed by atoms with E-state index in [0.29, 0.717) is 0 Å². The lowest BCUT2D eigenvalue weighted by Crippen LogP contribution is -2.17. The van der Waals surface area contributed by atoms with E-state index in [9.17, 15) is 0 Å². The van der Waals surface area contributed by atoms with E-state index < -0.39 is 0 Å². The third kappa shape index (κ3) is 3.19. The largest absolute Gasteiger partial charge is 0.460 e. The van der Waals surface area contributed by atoms with Gasteiger partial charge in [0, 0.05) is 32.1 Å². The number of nitrogens with zero attached hydrogens (tertiary/aromatic N) is 4. The second-order valence-electron chi connectivity index (χ2n) is 4.94. The Morgan fingerprint density at radius 2 is 2.29 bits per heavy atom. The van der Waals surface area contributed by atoms with E-state index in [1.807, 2.05) is 32.3 Å². The molecular formula is C14H18N6O. The van der Waals surface area contributed by atoms with Crippen LogP contribution in [0.25, 0.3) is 11.5 Å². The Balaban J connectivity index is 1.55. The van der Waals surface area contributed by atoms with Gasteiger partial charge in [0.05, 0.1) is 6.20 Å². The molecule has 3 aromatic heterocycles. The first-order valence-corrected chi connectivity index (χ1v) is 6.86. The van der Waals surface area contributed by atoms with Crippen molar-refractivity contribution < 1.29 is 4.42 Å². The third-order valence-corrected chi connectivity index (χ3v) is 3.19. The van der Waals surface area contributed by atoms with Crippen LogP contribution in [0, 0.1) is 6.92 Å². The van der Waals surface area contributed by atoms with Crippen molar-refractivity contribution in [3.8, 4) is 11.5 Å². The van der Waals surface area contributed by atoms with Gasteiger partial charge in [-0.25, -0.2) is 4.98 Å². The van der Waals surface area contributed by atoms with Crippen LogP contribution in [0.5, 0.6) is 0 Å². The third-order valence-electron chi connectivity index (χ3n) is 3.19. The van der Waals surface area contributed by atoms with Gasteiger partial charge in [0.1, 0.15) is 17.8 Å². The normalized spacial score (nSPS) is 11.1. The number of hydrogen-bond donors (Lipinski definition) is 2. The van der Waals surface area contributed by atoms with Crippen molar-refractivity contribution in [2.24, 2.45) is 7.05 Å². The zero-order chi connectivity index (χ0) is 14.7. The fourth-order valence-corrected chi connectivity index (χ4v) is 2.15. The molecule has 0 saturated carbocycles. The molecule has 0 aliphatic rings. The average molecular weight is 286 g/mol. The second kappa shape index (κ2) is 5.92. The molecule has 0 atom stereocenters. The zero-order valence-electron chi connectivity index (χ0n) is 12.1. The summed E-state index contributed by atoms with van der Waals surface area (Å²) >= 11 is 0. The fraction of sp³-hybridized carbons (Fsp3) is 0.357. The number of aromatic nitrogens is 5. The Bertz CT molecular complexity index is 710. The molecule has 0 bridgehead atoms. The van der Waals surface area contributed by atoms with Crippen LogP contribution in [-0.2, 0) is 20.0 Å². The fourth-order valence-electron chi connectivity index (χ4n) is 2.15. The topological polar surface area (TPSA) is 84.6 Å². The quantitative estimate of drug-likeness (QED) is 0.670. The average Bonchev–Trinajstić information content (AvgIpc) is 3.16. The molecule has 21 heavy (non-hydrogen) atoms. The van der Waals surface area contributed by atoms with Gasteiger partial charge in [-0.15, -0.1) is 0 Å². The minimum atomic E-state index is 0.721. The molecule has 0 spiro atoms. The molecular weight excluding hydrogens is 268 g/mol. The molecule has 0 fully saturated rings. The molecule has 2 N–H and O–H groups in total. The highest BCUT2D eigenvalue weighted by Gasteiger charge is 2.10. The Kier molecular flexibility index (Phi) is 3.83. The highest BCUT2D eigenvalue weighted by molar-refractivity contribution is 5.56. The first-order chi connectivity index (χ1) is 10.2. The van der Waals surface area contributed by atoms with Gasteiger partial charge in [0.2, 0.25) is 0 Å². The minimum Gasteiger partial charge on any atom is -0.460 e. The number of aromatic amines is 1. The Morgan fingerprint density at radius 1 is 1.38 bits per heavy atom. The zero-order valence-corrected chi connectivity index (χ0v) is 12.1. The van der Waals surface area contributed by atoms with Crippen LogP contribution in [0.4, 0.5) is 0 Å². The SMILES string of the molecule is Cc1ccc(-c2[nH]ncc2CNCCc2ncn(C)n2)o1. The summed E-state index contributed by atoms with van der Waals surface area (Å²) in [5.41, 5.74) is 2.00. The van der Waals surface area contributed by atoms with Gasteiger partial charge in [-0.1, -0.05) is 0 Å². The smallest absolute Gasteiger partial charge is 0.152 e. The van der Waals surface area contributed by atoms with Gasteiger partial charge in [0.15, 0.2) is 11.6 Å². The van der Waals surface area contributed by atoms with Crippen LogP contribution >= 0.6 is 0 Å². The lowest BCUT2D eigenvalue weighted by Gasteiger charge is -2.03. The Labute approximate surface area is 122 Å². The van der Waals surface area contributed by atoms with E-state index in [-0.39, 0.29) is 0 Å². The summed E-state index contributed by atoms with van der Waals surface area (Å²) in [4.78, 5) is 4.20. The first-order valence-electron chi connectivity index (χ1n) is 6.86. The van der Waals surface area contributed by atoms with E-state index >= 15 is 0 Å². The summed E-state index contributed by atoms with van der Waals surface area (Å²) in [5, 5.41) is 14.7. The summed E-state index contributed by atoms with van der Waals surface area (Å²) in [5.74, 6) is 2.55. The van der Waals surface area contributed by atoms with Crippen LogP contribution in [-0.4, -0.2) is 31.5 Å². The molecule has 0 unspecified atom stereocenters. The molecule has 0 radical (unpaired) electrons. The van der Waals surface area contributed by atoms with Crippen LogP contribution in [0.1, 0.15) is 17.1 Å². The van der Waals surface area contributed by atoms with Gasteiger partial charge < -0.3 is 9.73 Å². The molecule has 110 valence electrons. The molecule has 0 saturated heterocycles. The maximum absolute atomic E-state index is 5.63. The Hall–Kier alpha value is -2.41. The van der Waals surface area contributed by atoms with Crippen molar-refractivity contribution in [3.05, 3.63) is 41.8 Å². The van der Waals surface area contributed by atoms with Crippen LogP contribution in [0.15, 0.2) is 29.1 Å². The van der Waals surface area contributed by atoms with Crippen molar-refractivity contribution >= 4 is 0 Å². The highest BCUT2D eigenvalue weighted by atomic mass is 16.3. The summed E-state index contributed by atoms with van der Waals surface area (Å²) < 4.78 is 7.34. The summed E-state index contributed by atoms with van der Waals surface area (Å²) in [6.45, 7) is 3.46. The van der Waals surface area contributed by atoms with Crippen molar-refractivity contribution in [2.45, 2.75) is 19.9 Å². The molecule has 0 aliphatic carbocycles. The van der Waals surface area contributed by atoms with E-state index in [4.69, 9.17) is 4.42 Å². The van der Waals surface area contributed by atoms with E-state index in [1.165, 1.54) is 0 Å². The summed E-state index contributed by atoms with van der Waals surface area (Å²) in [6, 6.07) is 3.89. The van der Waals surface area contributed by atoms with Crippen molar-refractivity contribution in [1.82, 2.24) is 30.3 Å². The van der Waals surface area contributed by atoms with Crippen molar-refractivity contribution in [1.29, 1.82) is 0 Å². The first kappa shape index (κ1) is 13.6. The van der Waals surface area contributed by atoms with Gasteiger partial charge in [-0.05, 0) is 19.1 Å². The number of furan rings is 1. The predicted octanol–water partition coefficient (Wildman–Crippen LogP) is 1.44. The standard InChI is InChI=1S/C14H18N6O/c1-10-3-4-12(21-10)14-11(8-17-18-14)7-15-6-5-13-16-9-20(2)19-13/h3-4,8-9,15H,5-7H2,1-2H3,(H,17,18). The highest BCUT2D eigenvalue weighted by Crippen LogP contribution is 2.23. The minimum absolute atomic E-state index is 0.721. The maximum Gasteiger partial charge on any atom is 0.152 e. The van der Waals surface area contributed by atoms with Gasteiger partial charge >= 0.3 is 0 Å². The Morgan fingerprint density at radius 3 is 3.00 bits per heavy atom. The number of rotatable bonds is 6. The number of H-pyrrole nitrogens is 1. The second-order valence-corrected chi connectivity index (χ2v) is 4.94. The lowest BCUT2D eigenvalue weighted by atomic mass is 10.2. The number of nitrogens with one attached hydrogen (secondary N) is 2. The van der Waals surface area contributed by atoms with Crippen molar-refractivity contribution in [2.75, 3.05) is 6.54 Å². The predicted molar refractivity (Wildman–Crippen MR) is 77.4 cm³/mol. The van der Waals surface area contributed by atoms with Crippen LogP contribution in [0.3, 0.4) is 0 Å². The van der Waals surface area contributed by atoms with Gasteiger partial charge in [0.25, 0.3) is 0 Å². The van der Waals surface area contributed by atoms with Crippen molar-refractivity contribution in [3.63, 3.8) is 0 Å². The van der Waals surface area contributed by atoms with E-state index in [2.05, 4.69) is 25.6 Å². The van der Waals surface area contributed by atoms with Crippen LogP contribution < -0.4 is 5.32 Å². The summed E-state index contributed by atoms with van der Waals surface area (Å²) in [7, 11) is 1.87. The monoisotopic (exact) mass is 286 g/mol. The molecule has 0 aliphatic heterocycles. The van der Waals surface area contributed by atoms with Crippen LogP contribution in [0.2, 0.25) is 0 Å². The molecule has 7 heteroatoms. The molecule has 0 amide bonds. The molecule has 3 heterocycles. The summed E-state index contributed by atoms with van der Waals surface area (Å²) in [6.07, 6.45) is 4.33. The van der Waals surface area contributed by atoms with E-state index in [1.54, 1.807) is 11.0 Å². The number of aryl methyl sites for hydroxylation is 2. The molecule has 3 aromatic rings. The molecule has 3 rings (SSSR count). The lowest BCUT2D eigenvalue weighted by molar-refractivity contribution is 0.545. The maximum atomic E-state index is 5.63. The van der Waals surface area contributed by atoms with Gasteiger partial charge in [-0.2, -0.15) is 10.2 Å². The molecule has 7 nitrogen and oxygen atoms in total. The van der Waals surface area contributed by atoms with Gasteiger partial charge in [-0.3, -0.25) is 9.78 Å².